The minimum atomic E-state index is -0.544. The first-order chi connectivity index (χ1) is 7.29. The van der Waals surface area contributed by atoms with Crippen LogP contribution in [0.1, 0.15) is 6.42 Å². The van der Waals surface area contributed by atoms with Crippen molar-refractivity contribution in [1.82, 2.24) is 5.32 Å². The summed E-state index contributed by atoms with van der Waals surface area (Å²) < 4.78 is 4.53. The SMILES string of the molecule is O=COC(=O)[C@@]12N[C@H]1C1C=CC2[C@@H]2C[C@H]12. The van der Waals surface area contributed by atoms with Crippen LogP contribution in [0, 0.1) is 23.7 Å². The summed E-state index contributed by atoms with van der Waals surface area (Å²) in [6.07, 6.45) is 5.61. The molecule has 4 aliphatic carbocycles. The van der Waals surface area contributed by atoms with Gasteiger partial charge in [0.2, 0.25) is 0 Å². The highest BCUT2D eigenvalue weighted by Crippen LogP contribution is 2.67. The molecular weight excluding hydrogens is 194 g/mol. The Kier molecular flexibility index (Phi) is 1.16. The number of esters is 1. The molecule has 15 heavy (non-hydrogen) atoms. The van der Waals surface area contributed by atoms with Gasteiger partial charge in [-0.05, 0) is 24.2 Å². The summed E-state index contributed by atoms with van der Waals surface area (Å²) in [6, 6.07) is 0.226. The zero-order valence-electron chi connectivity index (χ0n) is 8.05. The van der Waals surface area contributed by atoms with Crippen LogP contribution in [0.5, 0.6) is 0 Å². The summed E-state index contributed by atoms with van der Waals surface area (Å²) in [5.41, 5.74) is -0.544. The molecule has 4 nitrogen and oxygen atoms in total. The van der Waals surface area contributed by atoms with Crippen molar-refractivity contribution in [3.8, 4) is 0 Å². The second-order valence-electron chi connectivity index (χ2n) is 5.04. The van der Waals surface area contributed by atoms with E-state index in [9.17, 15) is 9.59 Å². The average molecular weight is 205 g/mol. The molecule has 1 aliphatic heterocycles. The Bertz CT molecular complexity index is 405. The molecule has 3 fully saturated rings. The lowest BCUT2D eigenvalue weighted by atomic mass is 9.69. The largest absolute Gasteiger partial charge is 0.394 e. The fourth-order valence-electron chi connectivity index (χ4n) is 3.85. The van der Waals surface area contributed by atoms with Gasteiger partial charge in [-0.1, -0.05) is 12.2 Å². The van der Waals surface area contributed by atoms with Crippen molar-refractivity contribution < 1.29 is 14.3 Å². The van der Waals surface area contributed by atoms with E-state index in [1.807, 2.05) is 0 Å². The molecule has 2 saturated carbocycles. The van der Waals surface area contributed by atoms with E-state index in [4.69, 9.17) is 0 Å². The van der Waals surface area contributed by atoms with Gasteiger partial charge in [0.25, 0.3) is 0 Å². The monoisotopic (exact) mass is 205 g/mol. The summed E-state index contributed by atoms with van der Waals surface area (Å²) in [7, 11) is 0. The maximum atomic E-state index is 11.8. The van der Waals surface area contributed by atoms with Crippen molar-refractivity contribution in [1.29, 1.82) is 0 Å². The summed E-state index contributed by atoms with van der Waals surface area (Å²) in [4.78, 5) is 22.0. The van der Waals surface area contributed by atoms with Crippen LogP contribution >= 0.6 is 0 Å². The molecule has 0 amide bonds. The van der Waals surface area contributed by atoms with Crippen molar-refractivity contribution in [2.24, 2.45) is 23.7 Å². The second-order valence-corrected chi connectivity index (χ2v) is 5.04. The Morgan fingerprint density at radius 1 is 1.47 bits per heavy atom. The molecule has 0 radical (unpaired) electrons. The van der Waals surface area contributed by atoms with E-state index < -0.39 is 5.54 Å². The van der Waals surface area contributed by atoms with E-state index in [0.29, 0.717) is 11.8 Å². The normalized spacial score (nSPS) is 56.7. The molecule has 6 atom stereocenters. The molecule has 4 heteroatoms. The van der Waals surface area contributed by atoms with Gasteiger partial charge < -0.3 is 4.74 Å². The van der Waals surface area contributed by atoms with Crippen molar-refractivity contribution in [3.63, 3.8) is 0 Å². The lowest BCUT2D eigenvalue weighted by Crippen LogP contribution is -2.46. The zero-order valence-corrected chi connectivity index (χ0v) is 8.05. The lowest BCUT2D eigenvalue weighted by molar-refractivity contribution is -0.155. The Morgan fingerprint density at radius 2 is 2.33 bits per heavy atom. The smallest absolute Gasteiger partial charge is 0.336 e. The fourth-order valence-corrected chi connectivity index (χ4v) is 3.85. The molecule has 1 N–H and O–H groups in total. The molecule has 1 heterocycles. The van der Waals surface area contributed by atoms with Crippen LogP contribution in [0.4, 0.5) is 0 Å². The van der Waals surface area contributed by atoms with Crippen LogP contribution in [-0.2, 0) is 14.3 Å². The van der Waals surface area contributed by atoms with Crippen LogP contribution in [0.3, 0.4) is 0 Å². The number of carbonyl (C=O) groups excluding carboxylic acids is 2. The molecule has 5 aliphatic rings. The van der Waals surface area contributed by atoms with Crippen molar-refractivity contribution in [2.75, 3.05) is 0 Å². The number of hydrogen-bond donors (Lipinski definition) is 1. The minimum Gasteiger partial charge on any atom is -0.394 e. The third-order valence-corrected chi connectivity index (χ3v) is 4.59. The molecule has 78 valence electrons. The summed E-state index contributed by atoms with van der Waals surface area (Å²) in [6.45, 7) is 0.241. The van der Waals surface area contributed by atoms with Crippen molar-refractivity contribution in [2.45, 2.75) is 18.0 Å². The number of nitrogens with one attached hydrogen (secondary N) is 1. The Morgan fingerprint density at radius 3 is 3.13 bits per heavy atom. The quantitative estimate of drug-likeness (QED) is 0.224. The van der Waals surface area contributed by atoms with E-state index in [0.717, 1.165) is 5.92 Å². The Balaban J connectivity index is 1.73. The predicted molar refractivity (Wildman–Crippen MR) is 49.5 cm³/mol. The first kappa shape index (κ1) is 8.05. The van der Waals surface area contributed by atoms with Crippen LogP contribution in [0.2, 0.25) is 0 Å². The third-order valence-electron chi connectivity index (χ3n) is 4.59. The summed E-state index contributed by atoms with van der Waals surface area (Å²) in [5, 5.41) is 3.26. The number of rotatable bonds is 2. The van der Waals surface area contributed by atoms with Gasteiger partial charge >= 0.3 is 12.4 Å². The molecule has 2 unspecified atom stereocenters. The van der Waals surface area contributed by atoms with Gasteiger partial charge in [-0.15, -0.1) is 0 Å². The van der Waals surface area contributed by atoms with Crippen LogP contribution in [-0.4, -0.2) is 24.0 Å². The number of ether oxygens (including phenoxy) is 1. The third kappa shape index (κ3) is 0.718. The van der Waals surface area contributed by atoms with Crippen LogP contribution < -0.4 is 5.32 Å². The minimum absolute atomic E-state index is 0.226. The molecule has 2 bridgehead atoms. The second kappa shape index (κ2) is 2.16. The van der Waals surface area contributed by atoms with Gasteiger partial charge in [-0.25, -0.2) is 4.79 Å². The maximum absolute atomic E-state index is 11.8. The van der Waals surface area contributed by atoms with Gasteiger partial charge in [0.05, 0.1) is 0 Å². The first-order valence-corrected chi connectivity index (χ1v) is 5.40. The van der Waals surface area contributed by atoms with Crippen molar-refractivity contribution >= 4 is 12.4 Å². The molecule has 0 aromatic carbocycles. The first-order valence-electron chi connectivity index (χ1n) is 5.40. The van der Waals surface area contributed by atoms with E-state index >= 15 is 0 Å². The fraction of sp³-hybridized carbons (Fsp3) is 0.636. The highest BCUT2D eigenvalue weighted by molar-refractivity contribution is 5.91. The molecular formula is C11H11NO3. The Hall–Kier alpha value is -1.16. The molecule has 5 rings (SSSR count). The van der Waals surface area contributed by atoms with Gasteiger partial charge in [-0.3, -0.25) is 10.1 Å². The number of hydrogen-bond acceptors (Lipinski definition) is 4. The topological polar surface area (TPSA) is 65.3 Å². The predicted octanol–water partition coefficient (Wildman–Crippen LogP) is -0.152. The highest BCUT2D eigenvalue weighted by atomic mass is 16.6. The molecule has 0 aromatic rings. The van der Waals surface area contributed by atoms with E-state index in [2.05, 4.69) is 22.2 Å². The van der Waals surface area contributed by atoms with Gasteiger partial charge in [0.15, 0.2) is 0 Å². The van der Waals surface area contributed by atoms with E-state index in [1.165, 1.54) is 6.42 Å². The Labute approximate surface area is 86.7 Å². The zero-order chi connectivity index (χ0) is 10.2. The van der Waals surface area contributed by atoms with E-state index in [1.54, 1.807) is 0 Å². The summed E-state index contributed by atoms with van der Waals surface area (Å²) >= 11 is 0. The lowest BCUT2D eigenvalue weighted by Gasteiger charge is -2.33. The number of carbonyl (C=O) groups is 2. The maximum Gasteiger partial charge on any atom is 0.336 e. The molecule has 1 saturated heterocycles. The highest BCUT2D eigenvalue weighted by Gasteiger charge is 2.78. The van der Waals surface area contributed by atoms with Crippen LogP contribution in [0.15, 0.2) is 12.2 Å². The summed E-state index contributed by atoms with van der Waals surface area (Å²) in [5.74, 6) is 1.78. The van der Waals surface area contributed by atoms with Gasteiger partial charge in [-0.2, -0.15) is 0 Å². The van der Waals surface area contributed by atoms with Gasteiger partial charge in [0, 0.05) is 12.0 Å². The van der Waals surface area contributed by atoms with Crippen LogP contribution in [0.25, 0.3) is 0 Å². The molecule has 0 spiro atoms. The van der Waals surface area contributed by atoms with Crippen molar-refractivity contribution in [3.05, 3.63) is 12.2 Å². The molecule has 0 aromatic heterocycles. The van der Waals surface area contributed by atoms with E-state index in [-0.39, 0.29) is 24.4 Å². The average Bonchev–Trinajstić information content (AvgIpc) is 3.11. The standard InChI is InChI=1S/C11H11NO3/c13-4-15-10(14)11-8-2-1-5(9(11)12-11)6-3-7(6)8/h1-2,4-9,12H,3H2/t5?,6-,7-,8?,9+,11+/m1/s1. The van der Waals surface area contributed by atoms with Gasteiger partial charge in [0.1, 0.15) is 5.54 Å².